The lowest BCUT2D eigenvalue weighted by Gasteiger charge is -2.28. The van der Waals surface area contributed by atoms with Crippen LogP contribution in [0.5, 0.6) is 0 Å². The van der Waals surface area contributed by atoms with Crippen LogP contribution in [0.25, 0.3) is 0 Å². The summed E-state index contributed by atoms with van der Waals surface area (Å²) in [5.41, 5.74) is 6.13. The molecule has 3 N–H and O–H groups in total. The monoisotopic (exact) mass is 210 g/mol. The number of amides is 1. The van der Waals surface area contributed by atoms with Crippen molar-refractivity contribution in [3.05, 3.63) is 18.0 Å². The van der Waals surface area contributed by atoms with Crippen LogP contribution in [-0.2, 0) is 0 Å². The van der Waals surface area contributed by atoms with Gasteiger partial charge >= 0.3 is 0 Å². The van der Waals surface area contributed by atoms with E-state index in [1.165, 1.54) is 6.20 Å². The van der Waals surface area contributed by atoms with Crippen molar-refractivity contribution in [3.63, 3.8) is 0 Å². The molecule has 1 aromatic rings. The van der Waals surface area contributed by atoms with E-state index in [1.807, 2.05) is 13.8 Å². The molecule has 0 aliphatic carbocycles. The van der Waals surface area contributed by atoms with Gasteiger partial charge < -0.3 is 10.6 Å². The highest BCUT2D eigenvalue weighted by Gasteiger charge is 2.22. The molecule has 0 aliphatic rings. The SMILES string of the molecule is CN(CC(C)(C)CN)C(=O)c1cn[nH]c1. The molecule has 0 radical (unpaired) electrons. The van der Waals surface area contributed by atoms with E-state index in [1.54, 1.807) is 18.1 Å². The number of carbonyl (C=O) groups is 1. The maximum absolute atomic E-state index is 11.8. The first kappa shape index (κ1) is 11.7. The van der Waals surface area contributed by atoms with Crippen molar-refractivity contribution in [1.29, 1.82) is 0 Å². The van der Waals surface area contributed by atoms with E-state index in [0.717, 1.165) is 0 Å². The van der Waals surface area contributed by atoms with Gasteiger partial charge in [-0.3, -0.25) is 9.89 Å². The molecule has 1 heterocycles. The summed E-state index contributed by atoms with van der Waals surface area (Å²) < 4.78 is 0. The van der Waals surface area contributed by atoms with Crippen molar-refractivity contribution in [1.82, 2.24) is 15.1 Å². The Kier molecular flexibility index (Phi) is 3.47. The van der Waals surface area contributed by atoms with Crippen LogP contribution in [0, 0.1) is 5.41 Å². The fourth-order valence-corrected chi connectivity index (χ4v) is 1.37. The summed E-state index contributed by atoms with van der Waals surface area (Å²) in [5.74, 6) is -0.0368. The predicted octanol–water partition coefficient (Wildman–Crippen LogP) is 0.467. The summed E-state index contributed by atoms with van der Waals surface area (Å²) in [4.78, 5) is 13.5. The van der Waals surface area contributed by atoms with E-state index in [0.29, 0.717) is 18.7 Å². The van der Waals surface area contributed by atoms with E-state index in [2.05, 4.69) is 10.2 Å². The lowest BCUT2D eigenvalue weighted by Crippen LogP contribution is -2.39. The Hall–Kier alpha value is -1.36. The Morgan fingerprint density at radius 3 is 2.80 bits per heavy atom. The van der Waals surface area contributed by atoms with E-state index in [9.17, 15) is 4.79 Å². The van der Waals surface area contributed by atoms with Gasteiger partial charge in [-0.1, -0.05) is 13.8 Å². The number of hydrogen-bond acceptors (Lipinski definition) is 3. The zero-order valence-electron chi connectivity index (χ0n) is 9.45. The number of rotatable bonds is 4. The molecular weight excluding hydrogens is 192 g/mol. The summed E-state index contributed by atoms with van der Waals surface area (Å²) in [6.45, 7) is 5.25. The van der Waals surface area contributed by atoms with Gasteiger partial charge in [-0.25, -0.2) is 0 Å². The number of aromatic nitrogens is 2. The Labute approximate surface area is 89.6 Å². The Morgan fingerprint density at radius 1 is 1.67 bits per heavy atom. The first-order valence-corrected chi connectivity index (χ1v) is 4.90. The summed E-state index contributed by atoms with van der Waals surface area (Å²) >= 11 is 0. The number of hydrogen-bond donors (Lipinski definition) is 2. The average molecular weight is 210 g/mol. The van der Waals surface area contributed by atoms with E-state index in [4.69, 9.17) is 5.73 Å². The molecule has 1 amide bonds. The van der Waals surface area contributed by atoms with Crippen molar-refractivity contribution in [2.45, 2.75) is 13.8 Å². The van der Waals surface area contributed by atoms with Gasteiger partial charge in [0.1, 0.15) is 0 Å². The van der Waals surface area contributed by atoms with E-state index in [-0.39, 0.29) is 11.3 Å². The predicted molar refractivity (Wildman–Crippen MR) is 58.4 cm³/mol. The second kappa shape index (κ2) is 4.44. The minimum atomic E-state index is -0.0614. The minimum Gasteiger partial charge on any atom is -0.341 e. The summed E-state index contributed by atoms with van der Waals surface area (Å²) in [6, 6.07) is 0. The maximum Gasteiger partial charge on any atom is 0.256 e. The van der Waals surface area contributed by atoms with Crippen LogP contribution in [0.3, 0.4) is 0 Å². The molecular formula is C10H18N4O. The van der Waals surface area contributed by atoms with Crippen LogP contribution in [0.1, 0.15) is 24.2 Å². The van der Waals surface area contributed by atoms with Crippen LogP contribution < -0.4 is 5.73 Å². The highest BCUT2D eigenvalue weighted by molar-refractivity contribution is 5.93. The molecule has 84 valence electrons. The second-order valence-electron chi connectivity index (χ2n) is 4.52. The van der Waals surface area contributed by atoms with Crippen molar-refractivity contribution >= 4 is 5.91 Å². The van der Waals surface area contributed by atoms with Gasteiger partial charge in [-0.05, 0) is 12.0 Å². The molecule has 1 aromatic heterocycles. The van der Waals surface area contributed by atoms with Crippen LogP contribution >= 0.6 is 0 Å². The number of nitrogens with two attached hydrogens (primary N) is 1. The largest absolute Gasteiger partial charge is 0.341 e. The Morgan fingerprint density at radius 2 is 2.33 bits per heavy atom. The van der Waals surface area contributed by atoms with Gasteiger partial charge in [-0.2, -0.15) is 5.10 Å². The van der Waals surface area contributed by atoms with Crippen molar-refractivity contribution in [3.8, 4) is 0 Å². The molecule has 1 rings (SSSR count). The van der Waals surface area contributed by atoms with E-state index >= 15 is 0 Å². The molecule has 0 saturated heterocycles. The number of nitrogens with one attached hydrogen (secondary N) is 1. The molecule has 0 bridgehead atoms. The van der Waals surface area contributed by atoms with Gasteiger partial charge in [-0.15, -0.1) is 0 Å². The molecule has 15 heavy (non-hydrogen) atoms. The lowest BCUT2D eigenvalue weighted by molar-refractivity contribution is 0.0740. The molecule has 0 aliphatic heterocycles. The van der Waals surface area contributed by atoms with Crippen LogP contribution in [-0.4, -0.2) is 41.1 Å². The lowest BCUT2D eigenvalue weighted by atomic mass is 9.93. The Bertz CT molecular complexity index is 318. The fraction of sp³-hybridized carbons (Fsp3) is 0.600. The average Bonchev–Trinajstić information content (AvgIpc) is 2.68. The highest BCUT2D eigenvalue weighted by Crippen LogP contribution is 2.15. The number of nitrogens with zero attached hydrogens (tertiary/aromatic N) is 2. The minimum absolute atomic E-state index is 0.0368. The van der Waals surface area contributed by atoms with Gasteiger partial charge in [0.15, 0.2) is 0 Å². The maximum atomic E-state index is 11.8. The zero-order valence-corrected chi connectivity index (χ0v) is 9.45. The van der Waals surface area contributed by atoms with Crippen molar-refractivity contribution in [2.75, 3.05) is 20.1 Å². The van der Waals surface area contributed by atoms with Gasteiger partial charge in [0.25, 0.3) is 5.91 Å². The van der Waals surface area contributed by atoms with Crippen molar-refractivity contribution < 1.29 is 4.79 Å². The van der Waals surface area contributed by atoms with Crippen LogP contribution in [0.15, 0.2) is 12.4 Å². The molecule has 0 aromatic carbocycles. The van der Waals surface area contributed by atoms with Gasteiger partial charge in [0.2, 0.25) is 0 Å². The van der Waals surface area contributed by atoms with E-state index < -0.39 is 0 Å². The third-order valence-corrected chi connectivity index (χ3v) is 2.31. The zero-order chi connectivity index (χ0) is 11.5. The van der Waals surface area contributed by atoms with Crippen molar-refractivity contribution in [2.24, 2.45) is 11.1 Å². The third kappa shape index (κ3) is 3.06. The fourth-order valence-electron chi connectivity index (χ4n) is 1.37. The molecule has 0 spiro atoms. The number of carbonyl (C=O) groups excluding carboxylic acids is 1. The molecule has 0 atom stereocenters. The topological polar surface area (TPSA) is 75.0 Å². The molecule has 0 saturated carbocycles. The van der Waals surface area contributed by atoms with Crippen LogP contribution in [0.2, 0.25) is 0 Å². The molecule has 0 fully saturated rings. The van der Waals surface area contributed by atoms with Gasteiger partial charge in [0.05, 0.1) is 11.8 Å². The first-order valence-electron chi connectivity index (χ1n) is 4.90. The van der Waals surface area contributed by atoms with Gasteiger partial charge in [0, 0.05) is 19.8 Å². The number of aromatic amines is 1. The number of H-pyrrole nitrogens is 1. The first-order chi connectivity index (χ1) is 6.96. The quantitative estimate of drug-likeness (QED) is 0.758. The summed E-state index contributed by atoms with van der Waals surface area (Å²) in [5, 5.41) is 6.37. The molecule has 0 unspecified atom stereocenters. The smallest absolute Gasteiger partial charge is 0.256 e. The van der Waals surface area contributed by atoms with Crippen LogP contribution in [0.4, 0.5) is 0 Å². The highest BCUT2D eigenvalue weighted by atomic mass is 16.2. The summed E-state index contributed by atoms with van der Waals surface area (Å²) in [6.07, 6.45) is 3.11. The molecule has 5 nitrogen and oxygen atoms in total. The third-order valence-electron chi connectivity index (χ3n) is 2.31. The normalized spacial score (nSPS) is 11.5. The molecule has 5 heteroatoms. The second-order valence-corrected chi connectivity index (χ2v) is 4.52. The summed E-state index contributed by atoms with van der Waals surface area (Å²) in [7, 11) is 1.77. The Balaban J connectivity index is 2.62. The standard InChI is InChI=1S/C10H18N4O/c1-10(2,6-11)7-14(3)9(15)8-4-12-13-5-8/h4-5H,6-7,11H2,1-3H3,(H,12,13).